The zero-order valence-electron chi connectivity index (χ0n) is 11.5. The first-order valence-corrected chi connectivity index (χ1v) is 8.03. The van der Waals surface area contributed by atoms with Crippen molar-refractivity contribution < 1.29 is 0 Å². The monoisotopic (exact) mass is 382 g/mol. The zero-order chi connectivity index (χ0) is 16.4. The van der Waals surface area contributed by atoms with Gasteiger partial charge >= 0.3 is 0 Å². The third kappa shape index (κ3) is 3.33. The topological polar surface area (TPSA) is 46.0 Å². The molecule has 0 spiro atoms. The third-order valence-electron chi connectivity index (χ3n) is 3.07. The van der Waals surface area contributed by atoms with Gasteiger partial charge in [0.1, 0.15) is 0 Å². The second-order valence-corrected chi connectivity index (χ2v) is 6.13. The fraction of sp³-hybridized carbons (Fsp3) is 0. The molecule has 0 saturated carbocycles. The van der Waals surface area contributed by atoms with Crippen molar-refractivity contribution in [2.24, 2.45) is 5.10 Å². The summed E-state index contributed by atoms with van der Waals surface area (Å²) in [7, 11) is 0. The van der Waals surface area contributed by atoms with Gasteiger partial charge < -0.3 is 0 Å². The fourth-order valence-electron chi connectivity index (χ4n) is 1.97. The first kappa shape index (κ1) is 16.2. The molecular weight excluding hydrogens is 375 g/mol. The van der Waals surface area contributed by atoms with Gasteiger partial charge in [-0.1, -0.05) is 53.0 Å². The highest BCUT2D eigenvalue weighted by Crippen LogP contribution is 2.26. The predicted molar refractivity (Wildman–Crippen MR) is 97.3 cm³/mol. The van der Waals surface area contributed by atoms with E-state index in [1.54, 1.807) is 24.3 Å². The number of hydrogen-bond acceptors (Lipinski definition) is 3. The molecule has 0 fully saturated rings. The van der Waals surface area contributed by atoms with E-state index in [2.05, 4.69) is 15.3 Å². The fourth-order valence-corrected chi connectivity index (χ4v) is 2.86. The molecule has 0 unspecified atom stereocenters. The maximum absolute atomic E-state index is 6.21. The Morgan fingerprint density at radius 2 is 1.65 bits per heavy atom. The Morgan fingerprint density at radius 1 is 1.00 bits per heavy atom. The molecule has 4 nitrogen and oxygen atoms in total. The summed E-state index contributed by atoms with van der Waals surface area (Å²) in [6, 6.07) is 12.5. The van der Waals surface area contributed by atoms with Gasteiger partial charge in [0.15, 0.2) is 5.82 Å². The Hall–Kier alpha value is -1.66. The van der Waals surface area contributed by atoms with E-state index in [1.807, 2.05) is 18.2 Å². The predicted octanol–water partition coefficient (Wildman–Crippen LogP) is 5.45. The molecule has 0 aliphatic carbocycles. The van der Waals surface area contributed by atoms with Crippen LogP contribution in [0.2, 0.25) is 15.1 Å². The Balaban J connectivity index is 2.09. The molecular formula is C15H9Cl3N4S. The van der Waals surface area contributed by atoms with Crippen molar-refractivity contribution in [3.05, 3.63) is 67.9 Å². The van der Waals surface area contributed by atoms with Crippen LogP contribution in [-0.2, 0) is 0 Å². The van der Waals surface area contributed by atoms with Gasteiger partial charge in [0.2, 0.25) is 4.77 Å². The summed E-state index contributed by atoms with van der Waals surface area (Å²) in [5.41, 5.74) is 1.31. The molecule has 0 aliphatic heterocycles. The Bertz CT molecular complexity index is 926. The van der Waals surface area contributed by atoms with Crippen molar-refractivity contribution in [2.75, 3.05) is 0 Å². The maximum Gasteiger partial charge on any atom is 0.216 e. The van der Waals surface area contributed by atoms with E-state index in [0.717, 1.165) is 0 Å². The van der Waals surface area contributed by atoms with Crippen LogP contribution in [0, 0.1) is 4.77 Å². The normalized spacial score (nSPS) is 11.3. The summed E-state index contributed by atoms with van der Waals surface area (Å²) in [5.74, 6) is 0.500. The molecule has 0 bridgehead atoms. The van der Waals surface area contributed by atoms with Gasteiger partial charge in [-0.2, -0.15) is 14.9 Å². The van der Waals surface area contributed by atoms with Gasteiger partial charge in [0.25, 0.3) is 0 Å². The maximum atomic E-state index is 6.21. The number of nitrogens with zero attached hydrogens (tertiary/aromatic N) is 3. The van der Waals surface area contributed by atoms with Crippen LogP contribution in [0.3, 0.4) is 0 Å². The average molecular weight is 384 g/mol. The average Bonchev–Trinajstić information content (AvgIpc) is 2.88. The van der Waals surface area contributed by atoms with E-state index in [1.165, 1.54) is 10.9 Å². The van der Waals surface area contributed by atoms with E-state index in [9.17, 15) is 0 Å². The molecule has 1 heterocycles. The smallest absolute Gasteiger partial charge is 0.216 e. The molecule has 3 aromatic rings. The molecule has 1 N–H and O–H groups in total. The van der Waals surface area contributed by atoms with E-state index in [-0.39, 0.29) is 0 Å². The molecule has 23 heavy (non-hydrogen) atoms. The molecule has 0 amide bonds. The summed E-state index contributed by atoms with van der Waals surface area (Å²) in [4.78, 5) is 0. The van der Waals surface area contributed by atoms with Crippen LogP contribution in [0.15, 0.2) is 47.6 Å². The van der Waals surface area contributed by atoms with Crippen molar-refractivity contribution in [2.45, 2.75) is 0 Å². The number of aromatic nitrogens is 3. The first-order valence-electron chi connectivity index (χ1n) is 6.48. The van der Waals surface area contributed by atoms with E-state index < -0.39 is 0 Å². The molecule has 0 saturated heterocycles. The summed E-state index contributed by atoms with van der Waals surface area (Å²) < 4.78 is 1.80. The van der Waals surface area contributed by atoms with Crippen molar-refractivity contribution in [1.82, 2.24) is 14.9 Å². The van der Waals surface area contributed by atoms with E-state index in [0.29, 0.717) is 36.8 Å². The molecule has 3 rings (SSSR count). The van der Waals surface area contributed by atoms with Crippen LogP contribution >= 0.6 is 47.0 Å². The lowest BCUT2D eigenvalue weighted by Crippen LogP contribution is -1.96. The highest BCUT2D eigenvalue weighted by Gasteiger charge is 2.11. The van der Waals surface area contributed by atoms with Gasteiger partial charge in [-0.15, -0.1) is 0 Å². The Morgan fingerprint density at radius 3 is 2.35 bits per heavy atom. The number of rotatable bonds is 3. The molecule has 8 heteroatoms. The zero-order valence-corrected chi connectivity index (χ0v) is 14.6. The largest absolute Gasteiger partial charge is 0.250 e. The van der Waals surface area contributed by atoms with Crippen molar-refractivity contribution in [3.63, 3.8) is 0 Å². The quantitative estimate of drug-likeness (QED) is 0.483. The second kappa shape index (κ2) is 6.84. The van der Waals surface area contributed by atoms with Gasteiger partial charge in [-0.25, -0.2) is 5.10 Å². The molecule has 0 radical (unpaired) electrons. The van der Waals surface area contributed by atoms with Crippen LogP contribution in [0.5, 0.6) is 0 Å². The number of hydrogen-bond donors (Lipinski definition) is 1. The molecule has 0 aliphatic rings. The summed E-state index contributed by atoms with van der Waals surface area (Å²) in [6.07, 6.45) is 1.54. The minimum atomic E-state index is 0.333. The molecule has 2 aromatic carbocycles. The second-order valence-electron chi connectivity index (χ2n) is 4.52. The number of nitrogens with one attached hydrogen (secondary N) is 1. The molecule has 0 atom stereocenters. The molecule has 1 aromatic heterocycles. The van der Waals surface area contributed by atoms with Gasteiger partial charge in [0, 0.05) is 11.1 Å². The van der Waals surface area contributed by atoms with Crippen LogP contribution in [0.4, 0.5) is 0 Å². The number of halogens is 3. The number of benzene rings is 2. The SMILES string of the molecule is S=c1[nH]nc(-c2ccccc2Cl)n1N=Cc1c(Cl)cccc1Cl. The van der Waals surface area contributed by atoms with E-state index >= 15 is 0 Å². The van der Waals surface area contributed by atoms with Crippen LogP contribution < -0.4 is 0 Å². The van der Waals surface area contributed by atoms with Gasteiger partial charge in [0.05, 0.1) is 21.3 Å². The summed E-state index contributed by atoms with van der Waals surface area (Å²) >= 11 is 23.7. The molecule has 116 valence electrons. The highest BCUT2D eigenvalue weighted by molar-refractivity contribution is 7.71. The highest BCUT2D eigenvalue weighted by atomic mass is 35.5. The lowest BCUT2D eigenvalue weighted by Gasteiger charge is -2.04. The van der Waals surface area contributed by atoms with Crippen molar-refractivity contribution in [3.8, 4) is 11.4 Å². The minimum Gasteiger partial charge on any atom is -0.250 e. The third-order valence-corrected chi connectivity index (χ3v) is 4.32. The van der Waals surface area contributed by atoms with Crippen molar-refractivity contribution >= 4 is 53.2 Å². The van der Waals surface area contributed by atoms with Crippen LogP contribution in [0.25, 0.3) is 11.4 Å². The standard InChI is InChI=1S/C15H9Cl3N4S/c16-11-5-2-1-4-9(11)14-20-21-15(23)22(14)19-8-10-12(17)6-3-7-13(10)18/h1-8H,(H,21,23). The lowest BCUT2D eigenvalue weighted by molar-refractivity contribution is 0.871. The number of H-pyrrole nitrogens is 1. The van der Waals surface area contributed by atoms with Gasteiger partial charge in [-0.05, 0) is 36.5 Å². The minimum absolute atomic E-state index is 0.333. The summed E-state index contributed by atoms with van der Waals surface area (Å²) in [5, 5.41) is 12.8. The summed E-state index contributed by atoms with van der Waals surface area (Å²) in [6.45, 7) is 0. The first-order chi connectivity index (χ1) is 11.1. The van der Waals surface area contributed by atoms with Crippen LogP contribution in [0.1, 0.15) is 5.56 Å². The van der Waals surface area contributed by atoms with Crippen molar-refractivity contribution in [1.29, 1.82) is 0 Å². The van der Waals surface area contributed by atoms with Gasteiger partial charge in [-0.3, -0.25) is 0 Å². The van der Waals surface area contributed by atoms with E-state index in [4.69, 9.17) is 47.0 Å². The Kier molecular flexibility index (Phi) is 4.82. The number of aromatic amines is 1. The van der Waals surface area contributed by atoms with Crippen LogP contribution in [-0.4, -0.2) is 21.1 Å². The Labute approximate surface area is 152 Å². The lowest BCUT2D eigenvalue weighted by atomic mass is 10.2.